The van der Waals surface area contributed by atoms with Gasteiger partial charge in [-0.05, 0) is 64.6 Å². The summed E-state index contributed by atoms with van der Waals surface area (Å²) in [7, 11) is 0. The van der Waals surface area contributed by atoms with Crippen molar-refractivity contribution in [3.05, 3.63) is 74.2 Å². The van der Waals surface area contributed by atoms with E-state index in [1.165, 1.54) is 0 Å². The number of aromatic nitrogens is 1. The first-order valence-corrected chi connectivity index (χ1v) is 13.4. The van der Waals surface area contributed by atoms with Crippen LogP contribution < -0.4 is 21.6 Å². The van der Waals surface area contributed by atoms with Gasteiger partial charge in [-0.3, -0.25) is 9.99 Å². The highest BCUT2D eigenvalue weighted by Crippen LogP contribution is 2.37. The predicted octanol–water partition coefficient (Wildman–Crippen LogP) is 6.30. The van der Waals surface area contributed by atoms with Gasteiger partial charge in [0.2, 0.25) is 0 Å². The molecule has 1 aliphatic heterocycles. The Bertz CT molecular complexity index is 1430. The molecule has 2 heterocycles. The molecule has 36 heavy (non-hydrogen) atoms. The van der Waals surface area contributed by atoms with Crippen molar-refractivity contribution < 1.29 is 1.37 Å². The molecule has 0 radical (unpaired) electrons. The lowest BCUT2D eigenvalue weighted by Crippen LogP contribution is -2.38. The predicted molar refractivity (Wildman–Crippen MR) is 154 cm³/mol. The fraction of sp³-hybridized carbons (Fsp3) is 0.333. The molecule has 9 heteroatoms. The highest BCUT2D eigenvalue weighted by atomic mass is 127. The lowest BCUT2D eigenvalue weighted by Gasteiger charge is -2.24. The molecule has 4 N–H and O–H groups in total. The largest absolute Gasteiger partial charge is 0.383 e. The Hall–Kier alpha value is -2.74. The highest BCUT2D eigenvalue weighted by Gasteiger charge is 2.32. The zero-order valence-electron chi connectivity index (χ0n) is 21.4. The van der Waals surface area contributed by atoms with E-state index in [-0.39, 0.29) is 5.41 Å². The number of fused-ring (bicyclic) bond motifs is 1. The Kier molecular flexibility index (Phi) is 6.54. The Morgan fingerprint density at radius 1 is 1.33 bits per heavy atom. The number of benzene rings is 2. The summed E-state index contributed by atoms with van der Waals surface area (Å²) in [5, 5.41) is 20.1. The third-order valence-electron chi connectivity index (χ3n) is 6.05. The lowest BCUT2D eigenvalue weighted by atomic mass is 9.96. The number of rotatable bonds is 7. The van der Waals surface area contributed by atoms with E-state index >= 15 is 0 Å². The molecule has 1 aromatic heterocycles. The number of hydrogen-bond donors (Lipinski definition) is 4. The summed E-state index contributed by atoms with van der Waals surface area (Å²) in [6.45, 7) is 7.12. The Labute approximate surface area is 231 Å². The molecule has 1 fully saturated rings. The van der Waals surface area contributed by atoms with Gasteiger partial charge in [-0.1, -0.05) is 50.6 Å². The van der Waals surface area contributed by atoms with Gasteiger partial charge in [-0.25, -0.2) is 0 Å². The standard InChI is InChI=1S/C27H29ClIN7/c1-27(2,3)15-32-24-16(12-30)13-31-25-20(24)10-17(11-22(25)29)33-26(19-6-4-5-7-21(19)28)23-14-36(35-34-23)18-8-9-18/h4-7,10-11,13-14,18,26,33-35H,8-9,15H2,1-3H3,(H,31,32)/t26-/m1/s1/i26D. The van der Waals surface area contributed by atoms with E-state index in [2.05, 4.69) is 76.0 Å². The molecule has 0 unspecified atom stereocenters. The lowest BCUT2D eigenvalue weighted by molar-refractivity contribution is 0.260. The maximum absolute atomic E-state index is 9.81. The number of nitrogens with one attached hydrogen (secondary N) is 4. The average molecular weight is 615 g/mol. The number of nitrogens with zero attached hydrogens (tertiary/aromatic N) is 3. The van der Waals surface area contributed by atoms with Gasteiger partial charge in [-0.2, -0.15) is 5.26 Å². The van der Waals surface area contributed by atoms with E-state index in [0.717, 1.165) is 38.7 Å². The van der Waals surface area contributed by atoms with E-state index in [4.69, 9.17) is 11.6 Å². The second kappa shape index (κ2) is 9.96. The summed E-state index contributed by atoms with van der Waals surface area (Å²) < 4.78 is 10.6. The number of nitriles is 1. The maximum atomic E-state index is 9.81. The van der Waals surface area contributed by atoms with Crippen LogP contribution in [-0.4, -0.2) is 22.6 Å². The second-order valence-corrected chi connectivity index (χ2v) is 11.9. The molecule has 7 nitrogen and oxygen atoms in total. The van der Waals surface area contributed by atoms with Crippen molar-refractivity contribution in [1.29, 1.82) is 5.26 Å². The van der Waals surface area contributed by atoms with Crippen molar-refractivity contribution in [3.8, 4) is 6.07 Å². The SMILES string of the molecule is [2H][C@](Nc1cc(I)c2ncc(C#N)c(NCC(C)(C)C)c2c1)(C1=CN(C2CC2)NN1)c1ccccc1Cl. The van der Waals surface area contributed by atoms with Gasteiger partial charge < -0.3 is 16.1 Å². The first kappa shape index (κ1) is 23.6. The van der Waals surface area contributed by atoms with E-state index in [0.29, 0.717) is 34.4 Å². The van der Waals surface area contributed by atoms with Crippen LogP contribution in [0.3, 0.4) is 0 Å². The van der Waals surface area contributed by atoms with Crippen LogP contribution in [-0.2, 0) is 0 Å². The average Bonchev–Trinajstić information content (AvgIpc) is 3.57. The van der Waals surface area contributed by atoms with Gasteiger partial charge in [0.05, 0.1) is 29.9 Å². The molecule has 1 aliphatic carbocycles. The molecular formula is C27H29ClIN7. The van der Waals surface area contributed by atoms with Crippen molar-refractivity contribution >= 4 is 56.5 Å². The van der Waals surface area contributed by atoms with Crippen LogP contribution in [0.1, 0.15) is 52.1 Å². The van der Waals surface area contributed by atoms with Crippen molar-refractivity contribution in [3.63, 3.8) is 0 Å². The third-order valence-corrected chi connectivity index (χ3v) is 7.20. The minimum absolute atomic E-state index is 0.0206. The van der Waals surface area contributed by atoms with Crippen LogP contribution in [0, 0.1) is 20.3 Å². The molecule has 1 atom stereocenters. The Morgan fingerprint density at radius 2 is 2.11 bits per heavy atom. The van der Waals surface area contributed by atoms with E-state index in [1.807, 2.05) is 41.5 Å². The summed E-state index contributed by atoms with van der Waals surface area (Å²) >= 11 is 8.89. The van der Waals surface area contributed by atoms with Gasteiger partial charge in [0.1, 0.15) is 6.07 Å². The van der Waals surface area contributed by atoms with Crippen LogP contribution in [0.5, 0.6) is 0 Å². The Morgan fingerprint density at radius 3 is 2.81 bits per heavy atom. The molecule has 186 valence electrons. The minimum atomic E-state index is -1.41. The van der Waals surface area contributed by atoms with Crippen LogP contribution in [0.15, 0.2) is 54.5 Å². The second-order valence-electron chi connectivity index (χ2n) is 10.3. The molecule has 2 aromatic carbocycles. The molecule has 5 rings (SSSR count). The number of anilines is 2. The highest BCUT2D eigenvalue weighted by molar-refractivity contribution is 14.1. The molecular weight excluding hydrogens is 585 g/mol. The number of halogens is 2. The normalized spacial score (nSPS) is 17.6. The van der Waals surface area contributed by atoms with Crippen LogP contribution in [0.2, 0.25) is 5.02 Å². The first-order chi connectivity index (χ1) is 17.6. The fourth-order valence-electron chi connectivity index (χ4n) is 4.05. The zero-order chi connectivity index (χ0) is 26.4. The summed E-state index contributed by atoms with van der Waals surface area (Å²) in [6, 6.07) is 12.6. The minimum Gasteiger partial charge on any atom is -0.383 e. The Balaban J connectivity index is 1.61. The van der Waals surface area contributed by atoms with Crippen molar-refractivity contribution in [2.24, 2.45) is 5.41 Å². The van der Waals surface area contributed by atoms with Crippen molar-refractivity contribution in [2.45, 2.75) is 45.7 Å². The monoisotopic (exact) mass is 614 g/mol. The summed E-state index contributed by atoms with van der Waals surface area (Å²) in [5.41, 5.74) is 10.4. The molecule has 0 amide bonds. The van der Waals surface area contributed by atoms with Crippen molar-refractivity contribution in [1.82, 2.24) is 21.0 Å². The first-order valence-electron chi connectivity index (χ1n) is 12.4. The van der Waals surface area contributed by atoms with Gasteiger partial charge in [0, 0.05) is 44.6 Å². The van der Waals surface area contributed by atoms with Gasteiger partial charge in [-0.15, -0.1) is 5.53 Å². The van der Waals surface area contributed by atoms with Crippen LogP contribution in [0.4, 0.5) is 11.4 Å². The quantitative estimate of drug-likeness (QED) is 0.232. The van der Waals surface area contributed by atoms with Crippen molar-refractivity contribution in [2.75, 3.05) is 17.2 Å². The maximum Gasteiger partial charge on any atom is 0.103 e. The van der Waals surface area contributed by atoms with E-state index < -0.39 is 6.02 Å². The summed E-state index contributed by atoms with van der Waals surface area (Å²) in [4.78, 5) is 4.57. The van der Waals surface area contributed by atoms with Gasteiger partial charge >= 0.3 is 0 Å². The third kappa shape index (κ3) is 5.33. The summed E-state index contributed by atoms with van der Waals surface area (Å²) in [5.74, 6) is 0. The van der Waals surface area contributed by atoms with Gasteiger partial charge in [0.25, 0.3) is 0 Å². The number of hydrazine groups is 2. The topological polar surface area (TPSA) is 88.0 Å². The smallest absolute Gasteiger partial charge is 0.103 e. The summed E-state index contributed by atoms with van der Waals surface area (Å²) in [6.07, 6.45) is 5.79. The van der Waals surface area contributed by atoms with Crippen LogP contribution >= 0.6 is 34.2 Å². The molecule has 0 bridgehead atoms. The van der Waals surface area contributed by atoms with E-state index in [9.17, 15) is 6.63 Å². The molecule has 3 aromatic rings. The molecule has 2 aliphatic rings. The molecule has 0 spiro atoms. The van der Waals surface area contributed by atoms with E-state index in [1.54, 1.807) is 12.3 Å². The van der Waals surface area contributed by atoms with Gasteiger partial charge in [0.15, 0.2) is 0 Å². The molecule has 0 saturated heterocycles. The zero-order valence-corrected chi connectivity index (χ0v) is 23.3. The number of hydrogen-bond acceptors (Lipinski definition) is 7. The molecule has 1 saturated carbocycles. The number of pyridine rings is 1. The van der Waals surface area contributed by atoms with Crippen LogP contribution in [0.25, 0.3) is 10.9 Å². The fourth-order valence-corrected chi connectivity index (χ4v) is 5.05.